The Labute approximate surface area is 149 Å². The fraction of sp³-hybridized carbons (Fsp3) is 0.857. The molecule has 1 saturated heterocycles. The van der Waals surface area contributed by atoms with Crippen molar-refractivity contribution in [2.24, 2.45) is 0 Å². The Hall–Kier alpha value is -0.830. The van der Waals surface area contributed by atoms with Gasteiger partial charge >= 0.3 is 5.97 Å². The van der Waals surface area contributed by atoms with Crippen LogP contribution < -0.4 is 0 Å². The van der Waals surface area contributed by atoms with Crippen molar-refractivity contribution in [2.75, 3.05) is 6.61 Å². The highest BCUT2D eigenvalue weighted by Crippen LogP contribution is 2.31. The molecule has 24 heavy (non-hydrogen) atoms. The van der Waals surface area contributed by atoms with E-state index in [-0.39, 0.29) is 5.97 Å². The number of hydrogen-bond acceptors (Lipinski definition) is 3. The van der Waals surface area contributed by atoms with E-state index in [1.807, 2.05) is 0 Å². The zero-order chi connectivity index (χ0) is 17.5. The average molecular weight is 339 g/mol. The second-order valence-electron chi connectivity index (χ2n) is 7.05. The van der Waals surface area contributed by atoms with Crippen LogP contribution in [0, 0.1) is 0 Å². The summed E-state index contributed by atoms with van der Waals surface area (Å²) in [6.07, 6.45) is 19.8. The van der Waals surface area contributed by atoms with Gasteiger partial charge in [0.2, 0.25) is 0 Å². The summed E-state index contributed by atoms with van der Waals surface area (Å²) in [6.45, 7) is 6.13. The van der Waals surface area contributed by atoms with Crippen molar-refractivity contribution in [3.63, 3.8) is 0 Å². The molecule has 1 heterocycles. The Bertz CT molecular complexity index is 327. The molecule has 0 saturated carbocycles. The summed E-state index contributed by atoms with van der Waals surface area (Å²) >= 11 is 0. The Balaban J connectivity index is 1.78. The van der Waals surface area contributed by atoms with E-state index < -0.39 is 0 Å². The van der Waals surface area contributed by atoms with Gasteiger partial charge in [0.15, 0.2) is 0 Å². The van der Waals surface area contributed by atoms with Gasteiger partial charge in [0, 0.05) is 6.42 Å². The van der Waals surface area contributed by atoms with Crippen LogP contribution in [-0.2, 0) is 14.3 Å². The van der Waals surface area contributed by atoms with E-state index in [0.29, 0.717) is 25.2 Å². The first-order valence-electron chi connectivity index (χ1n) is 10.2. The summed E-state index contributed by atoms with van der Waals surface area (Å²) in [5, 5.41) is 0. The molecular formula is C21H38O3. The van der Waals surface area contributed by atoms with E-state index in [0.717, 1.165) is 12.8 Å². The van der Waals surface area contributed by atoms with Gasteiger partial charge in [0.25, 0.3) is 0 Å². The van der Waals surface area contributed by atoms with Gasteiger partial charge in [0.1, 0.15) is 6.61 Å². The van der Waals surface area contributed by atoms with Gasteiger partial charge in [0.05, 0.1) is 12.2 Å². The molecule has 0 aromatic rings. The van der Waals surface area contributed by atoms with Crippen LogP contribution in [0.1, 0.15) is 96.8 Å². The highest BCUT2D eigenvalue weighted by molar-refractivity contribution is 5.69. The van der Waals surface area contributed by atoms with Crippen LogP contribution in [0.15, 0.2) is 12.7 Å². The van der Waals surface area contributed by atoms with Crippen molar-refractivity contribution >= 4 is 5.97 Å². The SMILES string of the molecule is C=CCOC(=O)CCCCCCC[C@@H]1O[C@@H]1CCCCCCCC. The van der Waals surface area contributed by atoms with Gasteiger partial charge < -0.3 is 9.47 Å². The maximum Gasteiger partial charge on any atom is 0.306 e. The molecule has 2 atom stereocenters. The quantitative estimate of drug-likeness (QED) is 0.142. The third kappa shape index (κ3) is 11.7. The fourth-order valence-corrected chi connectivity index (χ4v) is 3.18. The van der Waals surface area contributed by atoms with Crippen LogP contribution in [0.3, 0.4) is 0 Å². The van der Waals surface area contributed by atoms with E-state index in [2.05, 4.69) is 13.5 Å². The monoisotopic (exact) mass is 338 g/mol. The highest BCUT2D eigenvalue weighted by Gasteiger charge is 2.36. The van der Waals surface area contributed by atoms with Crippen molar-refractivity contribution in [1.82, 2.24) is 0 Å². The van der Waals surface area contributed by atoms with Crippen LogP contribution in [0.5, 0.6) is 0 Å². The smallest absolute Gasteiger partial charge is 0.306 e. The third-order valence-corrected chi connectivity index (χ3v) is 4.76. The zero-order valence-corrected chi connectivity index (χ0v) is 15.8. The molecule has 3 nitrogen and oxygen atoms in total. The lowest BCUT2D eigenvalue weighted by molar-refractivity contribution is -0.142. The minimum absolute atomic E-state index is 0.0983. The van der Waals surface area contributed by atoms with E-state index in [4.69, 9.17) is 9.47 Å². The van der Waals surface area contributed by atoms with Crippen molar-refractivity contribution in [2.45, 2.75) is 109 Å². The van der Waals surface area contributed by atoms with Gasteiger partial charge in [-0.1, -0.05) is 83.8 Å². The minimum atomic E-state index is -0.0983. The Morgan fingerprint density at radius 1 is 0.917 bits per heavy atom. The standard InChI is InChI=1S/C21H38O3/c1-3-5-6-7-9-12-15-19-20(24-19)16-13-10-8-11-14-17-21(22)23-18-4-2/h4,19-20H,2-3,5-18H2,1H3/t19-,20+/m1/s1. The molecule has 1 fully saturated rings. The number of carbonyl (C=O) groups excluding carboxylic acids is 1. The maximum absolute atomic E-state index is 11.3. The summed E-state index contributed by atoms with van der Waals surface area (Å²) in [5.74, 6) is -0.0983. The maximum atomic E-state index is 11.3. The summed E-state index contributed by atoms with van der Waals surface area (Å²) in [7, 11) is 0. The van der Waals surface area contributed by atoms with Gasteiger partial charge in [-0.3, -0.25) is 4.79 Å². The van der Waals surface area contributed by atoms with E-state index in [1.54, 1.807) is 6.08 Å². The molecular weight excluding hydrogens is 300 g/mol. The molecule has 0 bridgehead atoms. The molecule has 0 aromatic heterocycles. The van der Waals surface area contributed by atoms with Crippen LogP contribution in [0.4, 0.5) is 0 Å². The van der Waals surface area contributed by atoms with Gasteiger partial charge in [-0.05, 0) is 19.3 Å². The molecule has 0 radical (unpaired) electrons. The summed E-state index contributed by atoms with van der Waals surface area (Å²) in [4.78, 5) is 11.3. The second-order valence-corrected chi connectivity index (χ2v) is 7.05. The highest BCUT2D eigenvalue weighted by atomic mass is 16.6. The number of carbonyl (C=O) groups is 1. The minimum Gasteiger partial charge on any atom is -0.461 e. The molecule has 0 aromatic carbocycles. The number of rotatable bonds is 17. The van der Waals surface area contributed by atoms with E-state index >= 15 is 0 Å². The number of unbranched alkanes of at least 4 members (excludes halogenated alkanes) is 9. The van der Waals surface area contributed by atoms with Gasteiger partial charge in [-0.2, -0.15) is 0 Å². The van der Waals surface area contributed by atoms with E-state index in [1.165, 1.54) is 70.6 Å². The van der Waals surface area contributed by atoms with Crippen molar-refractivity contribution < 1.29 is 14.3 Å². The first kappa shape index (κ1) is 21.2. The predicted molar refractivity (Wildman–Crippen MR) is 100 cm³/mol. The van der Waals surface area contributed by atoms with Gasteiger partial charge in [-0.25, -0.2) is 0 Å². The molecule has 3 heteroatoms. The topological polar surface area (TPSA) is 38.8 Å². The van der Waals surface area contributed by atoms with Crippen LogP contribution in [0.25, 0.3) is 0 Å². The Kier molecular flexibility index (Phi) is 12.8. The summed E-state index contributed by atoms with van der Waals surface area (Å²) < 4.78 is 10.7. The first-order valence-corrected chi connectivity index (χ1v) is 10.2. The lowest BCUT2D eigenvalue weighted by atomic mass is 10.0. The third-order valence-electron chi connectivity index (χ3n) is 4.76. The van der Waals surface area contributed by atoms with Crippen molar-refractivity contribution in [3.8, 4) is 0 Å². The molecule has 1 rings (SSSR count). The number of hydrogen-bond donors (Lipinski definition) is 0. The molecule has 1 aliphatic heterocycles. The van der Waals surface area contributed by atoms with E-state index in [9.17, 15) is 4.79 Å². The predicted octanol–water partition coefficient (Wildman–Crippen LogP) is 5.96. The molecule has 0 N–H and O–H groups in total. The number of esters is 1. The normalized spacial score (nSPS) is 19.2. The summed E-state index contributed by atoms with van der Waals surface area (Å²) in [6, 6.07) is 0. The zero-order valence-electron chi connectivity index (χ0n) is 15.8. The van der Waals surface area contributed by atoms with Crippen LogP contribution >= 0.6 is 0 Å². The van der Waals surface area contributed by atoms with Gasteiger partial charge in [-0.15, -0.1) is 0 Å². The number of epoxide rings is 1. The van der Waals surface area contributed by atoms with Crippen LogP contribution in [0.2, 0.25) is 0 Å². The van der Waals surface area contributed by atoms with Crippen LogP contribution in [-0.4, -0.2) is 24.8 Å². The van der Waals surface area contributed by atoms with Crippen molar-refractivity contribution in [1.29, 1.82) is 0 Å². The lowest BCUT2D eigenvalue weighted by Gasteiger charge is -2.02. The fourth-order valence-electron chi connectivity index (χ4n) is 3.18. The summed E-state index contributed by atoms with van der Waals surface area (Å²) in [5.41, 5.74) is 0. The second kappa shape index (κ2) is 14.5. The first-order chi connectivity index (χ1) is 11.8. The molecule has 0 spiro atoms. The average Bonchev–Trinajstić information content (AvgIpc) is 3.33. The van der Waals surface area contributed by atoms with Crippen molar-refractivity contribution in [3.05, 3.63) is 12.7 Å². The number of ether oxygens (including phenoxy) is 2. The molecule has 0 aliphatic carbocycles. The largest absolute Gasteiger partial charge is 0.461 e. The lowest BCUT2D eigenvalue weighted by Crippen LogP contribution is -2.03. The molecule has 0 amide bonds. The Morgan fingerprint density at radius 3 is 2.04 bits per heavy atom. The molecule has 0 unspecified atom stereocenters. The molecule has 140 valence electrons. The molecule has 1 aliphatic rings. The Morgan fingerprint density at radius 2 is 1.46 bits per heavy atom.